The predicted molar refractivity (Wildman–Crippen MR) is 150 cm³/mol. The van der Waals surface area contributed by atoms with E-state index in [2.05, 4.69) is 23.8 Å². The fourth-order valence-corrected chi connectivity index (χ4v) is 4.22. The van der Waals surface area contributed by atoms with Crippen molar-refractivity contribution < 1.29 is 18.7 Å². The van der Waals surface area contributed by atoms with Crippen molar-refractivity contribution in [2.75, 3.05) is 6.61 Å². The lowest BCUT2D eigenvalue weighted by Crippen LogP contribution is -2.11. The number of carbonyl (C=O) groups is 1. The Morgan fingerprint density at radius 3 is 2.03 bits per heavy atom. The molecule has 0 atom stereocenters. The maximum absolute atomic E-state index is 14.5. The summed E-state index contributed by atoms with van der Waals surface area (Å²) in [6.07, 6.45) is 18.2. The third-order valence-corrected chi connectivity index (χ3v) is 6.52. The fraction of sp³-hybridized carbons (Fsp3) is 0.469. The number of benzene rings is 2. The maximum Gasteiger partial charge on any atom is 0.346 e. The highest BCUT2D eigenvalue weighted by molar-refractivity contribution is 5.91. The smallest absolute Gasteiger partial charge is 0.346 e. The average molecular weight is 521 g/mol. The summed E-state index contributed by atoms with van der Waals surface area (Å²) in [5.74, 6) is -0.0785. The number of halogens is 1. The molecule has 0 N–H and O–H groups in total. The molecule has 204 valence electrons. The van der Waals surface area contributed by atoms with E-state index in [4.69, 9.17) is 9.47 Å². The molecule has 3 rings (SSSR count). The van der Waals surface area contributed by atoms with Gasteiger partial charge in [0.05, 0.1) is 12.2 Å². The second kappa shape index (κ2) is 16.5. The van der Waals surface area contributed by atoms with E-state index in [0.29, 0.717) is 23.9 Å². The summed E-state index contributed by atoms with van der Waals surface area (Å²) in [7, 11) is 0. The van der Waals surface area contributed by atoms with E-state index in [1.807, 2.05) is 12.4 Å². The zero-order valence-corrected chi connectivity index (χ0v) is 22.9. The van der Waals surface area contributed by atoms with Crippen LogP contribution >= 0.6 is 0 Å². The number of carbonyl (C=O) groups excluding carboxylic acids is 1. The molecule has 0 unspecified atom stereocenters. The number of aryl methyl sites for hydroxylation is 1. The highest BCUT2D eigenvalue weighted by Crippen LogP contribution is 2.22. The predicted octanol–water partition coefficient (Wildman–Crippen LogP) is 8.75. The van der Waals surface area contributed by atoms with E-state index in [1.54, 1.807) is 30.3 Å². The zero-order valence-electron chi connectivity index (χ0n) is 22.9. The number of ether oxygens (including phenoxy) is 2. The van der Waals surface area contributed by atoms with Crippen LogP contribution in [0.1, 0.15) is 100 Å². The van der Waals surface area contributed by atoms with Crippen LogP contribution in [0.5, 0.6) is 11.5 Å². The Kier molecular flexibility index (Phi) is 12.7. The van der Waals surface area contributed by atoms with Crippen LogP contribution in [-0.2, 0) is 6.42 Å². The molecule has 5 nitrogen and oxygen atoms in total. The molecule has 0 amide bonds. The highest BCUT2D eigenvalue weighted by Gasteiger charge is 2.15. The number of unbranched alkanes of at least 4 members (excludes halogenated alkanes) is 9. The minimum Gasteiger partial charge on any atom is -0.493 e. The summed E-state index contributed by atoms with van der Waals surface area (Å²) < 4.78 is 25.4. The summed E-state index contributed by atoms with van der Waals surface area (Å²) in [6.45, 7) is 4.88. The van der Waals surface area contributed by atoms with Crippen molar-refractivity contribution in [2.45, 2.75) is 90.9 Å². The Hall–Kier alpha value is -3.28. The van der Waals surface area contributed by atoms with Gasteiger partial charge in [-0.05, 0) is 61.2 Å². The van der Waals surface area contributed by atoms with Crippen LogP contribution in [0.3, 0.4) is 0 Å². The molecule has 6 heteroatoms. The van der Waals surface area contributed by atoms with Crippen LogP contribution in [0, 0.1) is 5.82 Å². The number of aromatic nitrogens is 2. The minimum atomic E-state index is -0.755. The van der Waals surface area contributed by atoms with Crippen molar-refractivity contribution in [1.82, 2.24) is 9.97 Å². The third-order valence-electron chi connectivity index (χ3n) is 6.52. The molecule has 0 saturated heterocycles. The van der Waals surface area contributed by atoms with Crippen LogP contribution in [-0.4, -0.2) is 22.5 Å². The molecule has 2 aromatic carbocycles. The van der Waals surface area contributed by atoms with Gasteiger partial charge in [0.25, 0.3) is 0 Å². The summed E-state index contributed by atoms with van der Waals surface area (Å²) >= 11 is 0. The summed E-state index contributed by atoms with van der Waals surface area (Å²) in [4.78, 5) is 21.5. The average Bonchev–Trinajstić information content (AvgIpc) is 2.93. The molecule has 0 aliphatic heterocycles. The van der Waals surface area contributed by atoms with E-state index < -0.39 is 11.8 Å². The van der Waals surface area contributed by atoms with Gasteiger partial charge in [0.1, 0.15) is 17.3 Å². The first-order chi connectivity index (χ1) is 18.6. The van der Waals surface area contributed by atoms with E-state index in [0.717, 1.165) is 43.2 Å². The maximum atomic E-state index is 14.5. The van der Waals surface area contributed by atoms with Gasteiger partial charge in [-0.25, -0.2) is 19.2 Å². The molecular formula is C32H41FN2O3. The molecule has 1 heterocycles. The van der Waals surface area contributed by atoms with Crippen LogP contribution in [0.2, 0.25) is 0 Å². The lowest BCUT2D eigenvalue weighted by molar-refractivity contribution is 0.0730. The number of hydrogen-bond acceptors (Lipinski definition) is 5. The number of hydrogen-bond donors (Lipinski definition) is 0. The van der Waals surface area contributed by atoms with Gasteiger partial charge in [-0.3, -0.25) is 0 Å². The van der Waals surface area contributed by atoms with Crippen LogP contribution in [0.15, 0.2) is 54.9 Å². The van der Waals surface area contributed by atoms with Gasteiger partial charge in [-0.15, -0.1) is 0 Å². The standard InChI is InChI=1S/C32H41FN2O3/c1-3-5-7-8-9-10-11-12-14-25-23-34-31(35-24-25)26-15-17-27(18-16-26)38-32(36)29-20-19-28(22-30(29)33)37-21-13-6-4-2/h15-20,22-24H,3-14,21H2,1-2H3. The van der Waals surface area contributed by atoms with Gasteiger partial charge in [0, 0.05) is 24.0 Å². The molecule has 3 aromatic rings. The minimum absolute atomic E-state index is 0.134. The second-order valence-corrected chi connectivity index (χ2v) is 9.75. The van der Waals surface area contributed by atoms with E-state index in [9.17, 15) is 9.18 Å². The Morgan fingerprint density at radius 2 is 1.37 bits per heavy atom. The largest absolute Gasteiger partial charge is 0.493 e. The summed E-state index contributed by atoms with van der Waals surface area (Å²) in [5.41, 5.74) is 1.83. The quantitative estimate of drug-likeness (QED) is 0.101. The van der Waals surface area contributed by atoms with Gasteiger partial charge in [0.15, 0.2) is 5.82 Å². The van der Waals surface area contributed by atoms with E-state index in [-0.39, 0.29) is 5.56 Å². The summed E-state index contributed by atoms with van der Waals surface area (Å²) in [5, 5.41) is 0. The lowest BCUT2D eigenvalue weighted by Gasteiger charge is -2.09. The Labute approximate surface area is 226 Å². The van der Waals surface area contributed by atoms with Crippen molar-refractivity contribution in [2.24, 2.45) is 0 Å². The van der Waals surface area contributed by atoms with E-state index in [1.165, 1.54) is 57.1 Å². The Morgan fingerprint density at radius 1 is 0.763 bits per heavy atom. The molecule has 0 bridgehead atoms. The zero-order chi connectivity index (χ0) is 27.0. The Bertz CT molecular complexity index is 1100. The van der Waals surface area contributed by atoms with Gasteiger partial charge in [-0.1, -0.05) is 71.6 Å². The van der Waals surface area contributed by atoms with E-state index >= 15 is 0 Å². The number of nitrogens with zero attached hydrogens (tertiary/aromatic N) is 2. The first-order valence-electron chi connectivity index (χ1n) is 14.2. The highest BCUT2D eigenvalue weighted by atomic mass is 19.1. The fourth-order valence-electron chi connectivity index (χ4n) is 4.22. The van der Waals surface area contributed by atoms with Crippen molar-refractivity contribution >= 4 is 5.97 Å². The second-order valence-electron chi connectivity index (χ2n) is 9.75. The number of rotatable bonds is 17. The van der Waals surface area contributed by atoms with Crippen molar-refractivity contribution in [3.05, 3.63) is 71.8 Å². The molecule has 0 aliphatic carbocycles. The molecule has 1 aromatic heterocycles. The van der Waals surface area contributed by atoms with Crippen molar-refractivity contribution in [1.29, 1.82) is 0 Å². The monoisotopic (exact) mass is 520 g/mol. The first kappa shape index (κ1) is 29.3. The van der Waals surface area contributed by atoms with Crippen LogP contribution < -0.4 is 9.47 Å². The van der Waals surface area contributed by atoms with Crippen molar-refractivity contribution in [3.63, 3.8) is 0 Å². The molecular weight excluding hydrogens is 479 g/mol. The van der Waals surface area contributed by atoms with Crippen LogP contribution in [0.4, 0.5) is 4.39 Å². The lowest BCUT2D eigenvalue weighted by atomic mass is 10.1. The van der Waals surface area contributed by atoms with Crippen molar-refractivity contribution in [3.8, 4) is 22.9 Å². The SMILES string of the molecule is CCCCCCCCCCc1cnc(-c2ccc(OC(=O)c3ccc(OCCCCC)cc3F)cc2)nc1. The molecule has 0 radical (unpaired) electrons. The van der Waals surface area contributed by atoms with Gasteiger partial charge < -0.3 is 9.47 Å². The molecule has 38 heavy (non-hydrogen) atoms. The molecule has 0 spiro atoms. The van der Waals surface area contributed by atoms with Gasteiger partial charge >= 0.3 is 5.97 Å². The topological polar surface area (TPSA) is 61.3 Å². The summed E-state index contributed by atoms with van der Waals surface area (Å²) in [6, 6.07) is 11.1. The van der Waals surface area contributed by atoms with Gasteiger partial charge in [0.2, 0.25) is 0 Å². The first-order valence-corrected chi connectivity index (χ1v) is 14.2. The normalized spacial score (nSPS) is 10.9. The van der Waals surface area contributed by atoms with Gasteiger partial charge in [-0.2, -0.15) is 0 Å². The Balaban J connectivity index is 1.45. The molecule has 0 saturated carbocycles. The molecule has 0 fully saturated rings. The number of esters is 1. The van der Waals surface area contributed by atoms with Crippen LogP contribution in [0.25, 0.3) is 11.4 Å². The molecule has 0 aliphatic rings. The third kappa shape index (κ3) is 9.88.